The predicted molar refractivity (Wildman–Crippen MR) is 90.0 cm³/mol. The Morgan fingerprint density at radius 2 is 1.52 bits per heavy atom. The lowest BCUT2D eigenvalue weighted by Crippen LogP contribution is -2.47. The molecule has 1 fully saturated rings. The first kappa shape index (κ1) is 23.3. The number of hydrogen-bond donors (Lipinski definition) is 3. The molecule has 1 aromatic rings. The van der Waals surface area contributed by atoms with Crippen LogP contribution in [-0.4, -0.2) is 36.6 Å². The molecule has 1 saturated heterocycles. The monoisotopic (exact) mass is 501 g/mol. The Morgan fingerprint density at radius 3 is 1.97 bits per heavy atom. The summed E-state index contributed by atoms with van der Waals surface area (Å²) in [5.74, 6) is -3.88. The van der Waals surface area contributed by atoms with Crippen molar-refractivity contribution < 1.29 is 44.3 Å². The van der Waals surface area contributed by atoms with Crippen molar-refractivity contribution in [3.63, 3.8) is 0 Å². The summed E-state index contributed by atoms with van der Waals surface area (Å²) in [6, 6.07) is 1.21. The van der Waals surface area contributed by atoms with E-state index in [-0.39, 0.29) is 0 Å². The molecule has 0 radical (unpaired) electrons. The minimum atomic E-state index is -5.33. The molecule has 0 amide bonds. The second kappa shape index (κ2) is 7.34. The largest absolute Gasteiger partial charge is 0.573 e. The fraction of sp³-hybridized carbons (Fsp3) is 0.286. The van der Waals surface area contributed by atoms with Crippen molar-refractivity contribution in [2.75, 3.05) is 5.01 Å². The van der Waals surface area contributed by atoms with Crippen molar-refractivity contribution in [3.05, 3.63) is 33.4 Å². The van der Waals surface area contributed by atoms with Gasteiger partial charge in [-0.05, 0) is 0 Å². The van der Waals surface area contributed by atoms with Crippen LogP contribution >= 0.6 is 23.2 Å². The summed E-state index contributed by atoms with van der Waals surface area (Å²) in [6.45, 7) is 0. The molecule has 17 heteroatoms. The Kier molecular flexibility index (Phi) is 5.51. The van der Waals surface area contributed by atoms with Crippen LogP contribution in [0.1, 0.15) is 0 Å². The maximum Gasteiger partial charge on any atom is 0.573 e. The van der Waals surface area contributed by atoms with Gasteiger partial charge in [-0.3, -0.25) is 10.4 Å². The summed E-state index contributed by atoms with van der Waals surface area (Å²) in [4.78, 5) is 3.10. The smallest absolute Gasteiger partial charge is 0.406 e. The molecule has 1 atom stereocenters. The van der Waals surface area contributed by atoms with Gasteiger partial charge < -0.3 is 10.1 Å². The minimum Gasteiger partial charge on any atom is -0.406 e. The summed E-state index contributed by atoms with van der Waals surface area (Å²) in [6.07, 6.45) is -17.7. The van der Waals surface area contributed by atoms with Gasteiger partial charge in [0.05, 0.1) is 21.3 Å². The number of halogens is 11. The van der Waals surface area contributed by atoms with Gasteiger partial charge in [0.1, 0.15) is 23.4 Å². The lowest BCUT2D eigenvalue weighted by molar-refractivity contribution is -0.274. The molecule has 0 bridgehead atoms. The standard InChI is InChI=1S/C14H6Cl2F9N5O/c15-4-1-3(31-14(23,24)25)2-5(16)7(4)30-9(26)6-8(12(17,18)19)27-11(13(20,21)22)28-10(6)29-30/h1-2,10,26,29H,(H,27,28). The molecule has 0 aliphatic carbocycles. The van der Waals surface area contributed by atoms with Gasteiger partial charge >= 0.3 is 18.7 Å². The van der Waals surface area contributed by atoms with Crippen LogP contribution in [-0.2, 0) is 0 Å². The van der Waals surface area contributed by atoms with E-state index in [1.54, 1.807) is 0 Å². The van der Waals surface area contributed by atoms with E-state index >= 15 is 0 Å². The molecule has 2 aliphatic rings. The zero-order valence-corrected chi connectivity index (χ0v) is 15.7. The topological polar surface area (TPSA) is 72.7 Å². The van der Waals surface area contributed by atoms with Crippen LogP contribution in [0.3, 0.4) is 0 Å². The van der Waals surface area contributed by atoms with Crippen LogP contribution in [0.4, 0.5) is 45.2 Å². The molecule has 6 nitrogen and oxygen atoms in total. The van der Waals surface area contributed by atoms with Gasteiger partial charge in [0, 0.05) is 12.1 Å². The number of aliphatic imine (C=N–C) groups is 1. The highest BCUT2D eigenvalue weighted by molar-refractivity contribution is 6.40. The summed E-state index contributed by atoms with van der Waals surface area (Å²) >= 11 is 11.7. The number of hydrogen-bond acceptors (Lipinski definition) is 5. The maximum atomic E-state index is 13.4. The Balaban J connectivity index is 2.07. The molecule has 2 aliphatic heterocycles. The molecule has 170 valence electrons. The number of anilines is 1. The normalized spacial score (nSPS) is 20.0. The number of rotatable bonds is 2. The van der Waals surface area contributed by atoms with Gasteiger partial charge in [-0.15, -0.1) is 13.2 Å². The lowest BCUT2D eigenvalue weighted by Gasteiger charge is -2.25. The zero-order valence-electron chi connectivity index (χ0n) is 14.2. The van der Waals surface area contributed by atoms with Crippen LogP contribution in [0.25, 0.3) is 0 Å². The zero-order chi connectivity index (χ0) is 23.5. The fourth-order valence-electron chi connectivity index (χ4n) is 2.69. The lowest BCUT2D eigenvalue weighted by atomic mass is 10.1. The van der Waals surface area contributed by atoms with Crippen molar-refractivity contribution in [3.8, 4) is 5.75 Å². The molecule has 3 N–H and O–H groups in total. The number of nitrogens with zero attached hydrogens (tertiary/aromatic N) is 2. The van der Waals surface area contributed by atoms with Crippen LogP contribution in [0.15, 0.2) is 28.4 Å². The van der Waals surface area contributed by atoms with Crippen LogP contribution in [0, 0.1) is 5.41 Å². The van der Waals surface area contributed by atoms with Gasteiger partial charge in [-0.1, -0.05) is 23.2 Å². The SMILES string of the molecule is N=C1C2=C(C(F)(F)F)NC(C(F)(F)F)=NC2NN1c1c(Cl)cc(OC(F)(F)F)cc1Cl. The number of nitrogens with one attached hydrogen (secondary N) is 3. The third-order valence-corrected chi connectivity index (χ3v) is 4.35. The molecule has 2 heterocycles. The Bertz CT molecular complexity index is 976. The number of fused-ring (bicyclic) bond motifs is 1. The number of benzene rings is 1. The van der Waals surface area contributed by atoms with E-state index in [2.05, 4.69) is 15.2 Å². The molecule has 3 rings (SSSR count). The van der Waals surface area contributed by atoms with E-state index in [9.17, 15) is 39.5 Å². The molecular formula is C14H6Cl2F9N5O. The van der Waals surface area contributed by atoms with Gasteiger partial charge in [0.15, 0.2) is 0 Å². The number of amidine groups is 2. The van der Waals surface area contributed by atoms with Crippen LogP contribution < -0.4 is 20.5 Å². The number of hydrazine groups is 1. The number of allylic oxidation sites excluding steroid dienone is 1. The Morgan fingerprint density at radius 1 is 0.968 bits per heavy atom. The van der Waals surface area contributed by atoms with Crippen LogP contribution in [0.5, 0.6) is 5.75 Å². The van der Waals surface area contributed by atoms with E-state index in [4.69, 9.17) is 28.6 Å². The first-order valence-corrected chi connectivity index (χ1v) is 8.38. The highest BCUT2D eigenvalue weighted by Gasteiger charge is 2.51. The summed E-state index contributed by atoms with van der Waals surface area (Å²) < 4.78 is 120. The molecular weight excluding hydrogens is 496 g/mol. The summed E-state index contributed by atoms with van der Waals surface area (Å²) in [5, 5.41) is 8.37. The quantitative estimate of drug-likeness (QED) is 0.504. The Labute approximate surface area is 175 Å². The number of ether oxygens (including phenoxy) is 1. The molecule has 1 unspecified atom stereocenters. The van der Waals surface area contributed by atoms with Gasteiger partial charge in [-0.2, -0.15) is 31.8 Å². The second-order valence-electron chi connectivity index (χ2n) is 5.89. The minimum absolute atomic E-state index is 0.471. The first-order chi connectivity index (χ1) is 14.0. The predicted octanol–water partition coefficient (Wildman–Crippen LogP) is 4.90. The van der Waals surface area contributed by atoms with Crippen LogP contribution in [0.2, 0.25) is 10.0 Å². The van der Waals surface area contributed by atoms with E-state index in [0.29, 0.717) is 17.1 Å². The third kappa shape index (κ3) is 4.62. The van der Waals surface area contributed by atoms with Gasteiger partial charge in [0.2, 0.25) is 5.84 Å². The van der Waals surface area contributed by atoms with E-state index in [1.807, 2.05) is 0 Å². The van der Waals surface area contributed by atoms with Crippen molar-refractivity contribution >= 4 is 40.6 Å². The van der Waals surface area contributed by atoms with E-state index in [0.717, 1.165) is 5.32 Å². The van der Waals surface area contributed by atoms with E-state index in [1.165, 1.54) is 0 Å². The van der Waals surface area contributed by atoms with Crippen molar-refractivity contribution in [1.29, 1.82) is 5.41 Å². The first-order valence-electron chi connectivity index (χ1n) is 7.62. The summed E-state index contributed by atoms with van der Waals surface area (Å²) in [7, 11) is 0. The molecule has 0 saturated carbocycles. The fourth-order valence-corrected chi connectivity index (χ4v) is 3.33. The van der Waals surface area contributed by atoms with Crippen molar-refractivity contribution in [2.24, 2.45) is 4.99 Å². The molecule has 0 spiro atoms. The van der Waals surface area contributed by atoms with Gasteiger partial charge in [-0.25, -0.2) is 4.99 Å². The molecule has 31 heavy (non-hydrogen) atoms. The highest BCUT2D eigenvalue weighted by atomic mass is 35.5. The van der Waals surface area contributed by atoms with Gasteiger partial charge in [0.25, 0.3) is 0 Å². The van der Waals surface area contributed by atoms with E-state index < -0.39 is 69.3 Å². The van der Waals surface area contributed by atoms with Crippen molar-refractivity contribution in [1.82, 2.24) is 10.7 Å². The second-order valence-corrected chi connectivity index (χ2v) is 6.70. The molecule has 1 aromatic carbocycles. The Hall–Kier alpha value is -2.39. The average Bonchev–Trinajstić information content (AvgIpc) is 2.87. The average molecular weight is 502 g/mol. The maximum absolute atomic E-state index is 13.4. The summed E-state index contributed by atoms with van der Waals surface area (Å²) in [5.41, 5.74) is -1.31. The third-order valence-electron chi connectivity index (χ3n) is 3.77. The highest BCUT2D eigenvalue weighted by Crippen LogP contribution is 2.42. The number of alkyl halides is 9. The molecule has 0 aromatic heterocycles. The van der Waals surface area contributed by atoms with Crippen molar-refractivity contribution in [2.45, 2.75) is 24.9 Å².